The Labute approximate surface area is 160 Å². The number of benzene rings is 1. The van der Waals surface area contributed by atoms with Crippen LogP contribution in [-0.4, -0.2) is 15.6 Å². The maximum Gasteiger partial charge on any atom is 0.191 e. The largest absolute Gasteiger partial charge is 0.383 e. The lowest BCUT2D eigenvalue weighted by Gasteiger charge is -2.33. The van der Waals surface area contributed by atoms with Crippen molar-refractivity contribution in [1.82, 2.24) is 9.97 Å². The highest BCUT2D eigenvalue weighted by molar-refractivity contribution is 7.98. The van der Waals surface area contributed by atoms with E-state index < -0.39 is 0 Å². The van der Waals surface area contributed by atoms with Crippen molar-refractivity contribution in [2.24, 2.45) is 0 Å². The molecule has 2 aromatic heterocycles. The van der Waals surface area contributed by atoms with Gasteiger partial charge in [0.1, 0.15) is 16.5 Å². The molecule has 0 unspecified atom stereocenters. The molecule has 7 heteroatoms. The van der Waals surface area contributed by atoms with Gasteiger partial charge in [0, 0.05) is 17.1 Å². The van der Waals surface area contributed by atoms with Gasteiger partial charge in [-0.1, -0.05) is 30.8 Å². The maximum atomic E-state index is 13.3. The summed E-state index contributed by atoms with van der Waals surface area (Å²) in [5.41, 5.74) is 8.27. The van der Waals surface area contributed by atoms with Gasteiger partial charge in [0.15, 0.2) is 5.16 Å². The molecule has 1 aromatic carbocycles. The van der Waals surface area contributed by atoms with Crippen molar-refractivity contribution in [3.8, 4) is 0 Å². The van der Waals surface area contributed by atoms with E-state index in [9.17, 15) is 4.39 Å². The summed E-state index contributed by atoms with van der Waals surface area (Å²) in [5, 5.41) is 1.60. The Balaban J connectivity index is 1.63. The number of aromatic nitrogens is 2. The molecule has 1 aliphatic rings. The predicted molar refractivity (Wildman–Crippen MR) is 105 cm³/mol. The van der Waals surface area contributed by atoms with Crippen LogP contribution in [0.3, 0.4) is 0 Å². The van der Waals surface area contributed by atoms with Gasteiger partial charge in [-0.3, -0.25) is 0 Å². The molecular formula is C19H20FN3OS2. The number of anilines is 1. The third-order valence-electron chi connectivity index (χ3n) is 4.85. The number of hydrogen-bond donors (Lipinski definition) is 1. The maximum absolute atomic E-state index is 13.3. The summed E-state index contributed by atoms with van der Waals surface area (Å²) in [4.78, 5) is 11.3. The number of nitrogens with two attached hydrogens (primary N) is 1. The Morgan fingerprint density at radius 2 is 2.23 bits per heavy atom. The van der Waals surface area contributed by atoms with Crippen molar-refractivity contribution in [3.05, 3.63) is 46.1 Å². The molecular weight excluding hydrogens is 369 g/mol. The number of thioether (sulfide) groups is 1. The first-order valence-corrected chi connectivity index (χ1v) is 10.4. The lowest BCUT2D eigenvalue weighted by molar-refractivity contribution is -0.0542. The summed E-state index contributed by atoms with van der Waals surface area (Å²) < 4.78 is 19.4. The van der Waals surface area contributed by atoms with Gasteiger partial charge in [0.2, 0.25) is 0 Å². The highest BCUT2D eigenvalue weighted by Crippen LogP contribution is 2.41. The number of thiophene rings is 1. The van der Waals surface area contributed by atoms with Gasteiger partial charge in [-0.2, -0.15) is 0 Å². The van der Waals surface area contributed by atoms with E-state index >= 15 is 0 Å². The second kappa shape index (κ2) is 6.79. The third kappa shape index (κ3) is 3.31. The molecule has 0 saturated heterocycles. The van der Waals surface area contributed by atoms with E-state index in [1.807, 2.05) is 6.07 Å². The first-order valence-electron chi connectivity index (χ1n) is 8.56. The minimum absolute atomic E-state index is 0.155. The fraction of sp³-hybridized carbons (Fsp3) is 0.368. The Hall–Kier alpha value is -1.70. The van der Waals surface area contributed by atoms with Gasteiger partial charge in [0.05, 0.1) is 17.6 Å². The summed E-state index contributed by atoms with van der Waals surface area (Å²) in [6.07, 6.45) is 1.79. The van der Waals surface area contributed by atoms with E-state index in [1.165, 1.54) is 34.3 Å². The smallest absolute Gasteiger partial charge is 0.191 e. The van der Waals surface area contributed by atoms with E-state index in [2.05, 4.69) is 18.8 Å². The average molecular weight is 390 g/mol. The molecule has 3 aromatic rings. The van der Waals surface area contributed by atoms with Crippen molar-refractivity contribution >= 4 is 39.1 Å². The van der Waals surface area contributed by atoms with Gasteiger partial charge in [-0.05, 0) is 36.6 Å². The zero-order valence-electron chi connectivity index (χ0n) is 14.7. The topological polar surface area (TPSA) is 61.0 Å². The highest BCUT2D eigenvalue weighted by atomic mass is 32.2. The third-order valence-corrected chi connectivity index (χ3v) is 6.87. The molecule has 0 bridgehead atoms. The lowest BCUT2D eigenvalue weighted by atomic mass is 9.90. The normalized spacial score (nSPS) is 19.7. The van der Waals surface area contributed by atoms with Crippen LogP contribution in [0.1, 0.15) is 36.3 Å². The number of rotatable bonds is 4. The average Bonchev–Trinajstić information content (AvgIpc) is 2.98. The molecule has 3 heterocycles. The van der Waals surface area contributed by atoms with Crippen LogP contribution in [0.25, 0.3) is 10.2 Å². The first kappa shape index (κ1) is 17.7. The zero-order valence-corrected chi connectivity index (χ0v) is 16.3. The first-order chi connectivity index (χ1) is 12.5. The molecule has 26 heavy (non-hydrogen) atoms. The van der Waals surface area contributed by atoms with Crippen molar-refractivity contribution in [2.75, 3.05) is 5.73 Å². The Morgan fingerprint density at radius 1 is 1.38 bits per heavy atom. The molecule has 0 fully saturated rings. The van der Waals surface area contributed by atoms with Crippen molar-refractivity contribution in [2.45, 2.75) is 49.8 Å². The second-order valence-corrected chi connectivity index (χ2v) is 8.79. The van der Waals surface area contributed by atoms with Gasteiger partial charge >= 0.3 is 0 Å². The van der Waals surface area contributed by atoms with Gasteiger partial charge < -0.3 is 10.5 Å². The molecule has 4 rings (SSSR count). The van der Waals surface area contributed by atoms with Gasteiger partial charge in [-0.15, -0.1) is 11.3 Å². The Morgan fingerprint density at radius 3 is 3.00 bits per heavy atom. The van der Waals surface area contributed by atoms with Crippen LogP contribution in [-0.2, 0) is 23.5 Å². The molecule has 0 saturated carbocycles. The van der Waals surface area contributed by atoms with Crippen molar-refractivity contribution in [1.29, 1.82) is 0 Å². The summed E-state index contributed by atoms with van der Waals surface area (Å²) >= 11 is 3.10. The second-order valence-electron chi connectivity index (χ2n) is 6.76. The van der Waals surface area contributed by atoms with Crippen LogP contribution in [0, 0.1) is 5.82 Å². The molecule has 2 N–H and O–H groups in total. The van der Waals surface area contributed by atoms with Crippen LogP contribution in [0.5, 0.6) is 0 Å². The molecule has 1 atom stereocenters. The molecule has 136 valence electrons. The van der Waals surface area contributed by atoms with E-state index in [1.54, 1.807) is 17.4 Å². The number of ether oxygens (including phenoxy) is 1. The molecule has 0 aliphatic carbocycles. The van der Waals surface area contributed by atoms with E-state index in [4.69, 9.17) is 15.5 Å². The molecule has 0 radical (unpaired) electrons. The number of fused-ring (bicyclic) bond motifs is 3. The zero-order chi connectivity index (χ0) is 18.3. The molecule has 0 amide bonds. The summed E-state index contributed by atoms with van der Waals surface area (Å²) in [7, 11) is 0. The summed E-state index contributed by atoms with van der Waals surface area (Å²) in [6.45, 7) is 4.88. The monoisotopic (exact) mass is 389 g/mol. The quantitative estimate of drug-likeness (QED) is 0.505. The number of halogens is 1. The number of hydrogen-bond acceptors (Lipinski definition) is 6. The number of nitrogens with zero attached hydrogens (tertiary/aromatic N) is 2. The standard InChI is InChI=1S/C19H20FN3OS2/c1-3-19(2)8-13-14(9-24-19)26-17-15(13)16(21)22-18(23-17)25-10-11-5-4-6-12(20)7-11/h4-7H,3,8-10H2,1-2H3,(H2,21,22,23)/t19-/m1/s1. The predicted octanol–water partition coefficient (Wildman–Crippen LogP) is 4.95. The van der Waals surface area contributed by atoms with Gasteiger partial charge in [-0.25, -0.2) is 14.4 Å². The fourth-order valence-electron chi connectivity index (χ4n) is 3.15. The van der Waals surface area contributed by atoms with Crippen LogP contribution < -0.4 is 5.73 Å². The van der Waals surface area contributed by atoms with Crippen molar-refractivity contribution < 1.29 is 9.13 Å². The van der Waals surface area contributed by atoms with E-state index in [-0.39, 0.29) is 11.4 Å². The Kier molecular flexibility index (Phi) is 4.62. The van der Waals surface area contributed by atoms with Crippen LogP contribution >= 0.6 is 23.1 Å². The molecule has 1 aliphatic heterocycles. The SMILES string of the molecule is CC[C@]1(C)Cc2c(sc3nc(SCc4cccc(F)c4)nc(N)c23)CO1. The van der Waals surface area contributed by atoms with Crippen LogP contribution in [0.2, 0.25) is 0 Å². The number of nitrogen functional groups attached to an aromatic ring is 1. The lowest BCUT2D eigenvalue weighted by Crippen LogP contribution is -2.33. The Bertz CT molecular complexity index is 975. The summed E-state index contributed by atoms with van der Waals surface area (Å²) in [6, 6.07) is 6.57. The van der Waals surface area contributed by atoms with Gasteiger partial charge in [0.25, 0.3) is 0 Å². The highest BCUT2D eigenvalue weighted by Gasteiger charge is 2.32. The minimum Gasteiger partial charge on any atom is -0.383 e. The van der Waals surface area contributed by atoms with Crippen LogP contribution in [0.4, 0.5) is 10.2 Å². The van der Waals surface area contributed by atoms with E-state index in [0.29, 0.717) is 23.3 Å². The van der Waals surface area contributed by atoms with Crippen molar-refractivity contribution in [3.63, 3.8) is 0 Å². The van der Waals surface area contributed by atoms with Crippen LogP contribution in [0.15, 0.2) is 29.4 Å². The molecule has 0 spiro atoms. The summed E-state index contributed by atoms with van der Waals surface area (Å²) in [5.74, 6) is 0.892. The fourth-order valence-corrected chi connectivity index (χ4v) is 5.11. The van der Waals surface area contributed by atoms with E-state index in [0.717, 1.165) is 28.6 Å². The minimum atomic E-state index is -0.233. The molecule has 4 nitrogen and oxygen atoms in total.